The Morgan fingerprint density at radius 1 is 1.32 bits per heavy atom. The number of alkyl halides is 3. The fourth-order valence-electron chi connectivity index (χ4n) is 2.54. The number of halogens is 3. The fourth-order valence-corrected chi connectivity index (χ4v) is 2.54. The molecule has 1 atom stereocenters. The molecule has 8 heteroatoms. The summed E-state index contributed by atoms with van der Waals surface area (Å²) in [7, 11) is 0. The summed E-state index contributed by atoms with van der Waals surface area (Å²) in [6, 6.07) is 0. The minimum absolute atomic E-state index is 0.0221. The quantitative estimate of drug-likeness (QED) is 0.839. The second-order valence-electron chi connectivity index (χ2n) is 5.81. The lowest BCUT2D eigenvalue weighted by atomic mass is 10.0. The lowest BCUT2D eigenvalue weighted by Gasteiger charge is -2.28. The zero-order chi connectivity index (χ0) is 16.3. The minimum Gasteiger partial charge on any atom is -0.333 e. The van der Waals surface area contributed by atoms with Crippen LogP contribution in [0.4, 0.5) is 13.2 Å². The van der Waals surface area contributed by atoms with Gasteiger partial charge in [0.05, 0.1) is 6.54 Å². The predicted molar refractivity (Wildman–Crippen MR) is 73.7 cm³/mol. The van der Waals surface area contributed by atoms with Crippen molar-refractivity contribution in [3.8, 4) is 0 Å². The highest BCUT2D eigenvalue weighted by molar-refractivity contribution is 5.76. The standard InChI is InChI=1S/C14H21F3N4O/c1-3-10(2)5-4-6-12(22)20-7-8-21-11(9-20)18-19-13(21)14(15,16)17/h10H,3-9H2,1-2H3. The third-order valence-corrected chi connectivity index (χ3v) is 4.14. The van der Waals surface area contributed by atoms with Crippen LogP contribution in [0.3, 0.4) is 0 Å². The van der Waals surface area contributed by atoms with E-state index >= 15 is 0 Å². The van der Waals surface area contributed by atoms with E-state index in [1.54, 1.807) is 4.90 Å². The van der Waals surface area contributed by atoms with Crippen LogP contribution in [0.1, 0.15) is 51.2 Å². The van der Waals surface area contributed by atoms with Crippen molar-refractivity contribution in [2.45, 2.75) is 58.8 Å². The van der Waals surface area contributed by atoms with Crippen molar-refractivity contribution in [3.63, 3.8) is 0 Å². The molecular weight excluding hydrogens is 297 g/mol. The topological polar surface area (TPSA) is 51.0 Å². The highest BCUT2D eigenvalue weighted by atomic mass is 19.4. The Hall–Kier alpha value is -1.60. The van der Waals surface area contributed by atoms with Crippen molar-refractivity contribution in [3.05, 3.63) is 11.6 Å². The van der Waals surface area contributed by atoms with E-state index in [0.29, 0.717) is 12.3 Å². The molecule has 0 fully saturated rings. The van der Waals surface area contributed by atoms with Crippen LogP contribution in [0.5, 0.6) is 0 Å². The van der Waals surface area contributed by atoms with Gasteiger partial charge in [-0.2, -0.15) is 13.2 Å². The summed E-state index contributed by atoms with van der Waals surface area (Å²) in [6.07, 6.45) is -1.19. The lowest BCUT2D eigenvalue weighted by Crippen LogP contribution is -2.39. The molecule has 0 N–H and O–H groups in total. The van der Waals surface area contributed by atoms with E-state index in [9.17, 15) is 18.0 Å². The molecule has 0 bridgehead atoms. The molecule has 0 saturated carbocycles. The molecule has 1 aromatic heterocycles. The summed E-state index contributed by atoms with van der Waals surface area (Å²) >= 11 is 0. The number of aromatic nitrogens is 3. The van der Waals surface area contributed by atoms with E-state index < -0.39 is 12.0 Å². The van der Waals surface area contributed by atoms with E-state index in [1.807, 2.05) is 0 Å². The van der Waals surface area contributed by atoms with Crippen molar-refractivity contribution in [1.29, 1.82) is 0 Å². The molecule has 0 radical (unpaired) electrons. The van der Waals surface area contributed by atoms with Crippen molar-refractivity contribution in [1.82, 2.24) is 19.7 Å². The highest BCUT2D eigenvalue weighted by Crippen LogP contribution is 2.29. The van der Waals surface area contributed by atoms with Gasteiger partial charge in [0.15, 0.2) is 5.82 Å². The van der Waals surface area contributed by atoms with E-state index in [2.05, 4.69) is 24.0 Å². The third kappa shape index (κ3) is 3.78. The van der Waals surface area contributed by atoms with Gasteiger partial charge in [-0.15, -0.1) is 10.2 Å². The van der Waals surface area contributed by atoms with Gasteiger partial charge in [0.2, 0.25) is 11.7 Å². The molecule has 1 aliphatic heterocycles. The predicted octanol–water partition coefficient (Wildman–Crippen LogP) is 2.86. The van der Waals surface area contributed by atoms with Crippen molar-refractivity contribution in [2.75, 3.05) is 6.54 Å². The van der Waals surface area contributed by atoms with E-state index in [4.69, 9.17) is 0 Å². The fraction of sp³-hybridized carbons (Fsp3) is 0.786. The zero-order valence-electron chi connectivity index (χ0n) is 12.9. The van der Waals surface area contributed by atoms with Gasteiger partial charge in [0.25, 0.3) is 0 Å². The van der Waals surface area contributed by atoms with Crippen LogP contribution in [0, 0.1) is 5.92 Å². The molecular formula is C14H21F3N4O. The molecule has 1 aromatic rings. The Balaban J connectivity index is 1.92. The first kappa shape index (κ1) is 16.8. The van der Waals surface area contributed by atoms with Gasteiger partial charge in [0.1, 0.15) is 0 Å². The van der Waals surface area contributed by atoms with Gasteiger partial charge < -0.3 is 9.47 Å². The van der Waals surface area contributed by atoms with Gasteiger partial charge in [-0.05, 0) is 12.3 Å². The molecule has 124 valence electrons. The van der Waals surface area contributed by atoms with Crippen molar-refractivity contribution >= 4 is 5.91 Å². The first-order chi connectivity index (χ1) is 10.3. The molecule has 0 saturated heterocycles. The molecule has 1 unspecified atom stereocenters. The summed E-state index contributed by atoms with van der Waals surface area (Å²) in [5.41, 5.74) is 0. The molecule has 0 aromatic carbocycles. The van der Waals surface area contributed by atoms with Crippen LogP contribution in [0.2, 0.25) is 0 Å². The number of hydrogen-bond donors (Lipinski definition) is 0. The van der Waals surface area contributed by atoms with E-state index in [1.165, 1.54) is 0 Å². The van der Waals surface area contributed by atoms with Crippen LogP contribution in [-0.2, 0) is 24.1 Å². The maximum atomic E-state index is 12.7. The average Bonchev–Trinajstić information content (AvgIpc) is 2.89. The maximum absolute atomic E-state index is 12.7. The van der Waals surface area contributed by atoms with Gasteiger partial charge in [-0.1, -0.05) is 26.7 Å². The average molecular weight is 318 g/mol. The summed E-state index contributed by atoms with van der Waals surface area (Å²) in [4.78, 5) is 13.7. The van der Waals surface area contributed by atoms with Crippen molar-refractivity contribution in [2.24, 2.45) is 5.92 Å². The Bertz CT molecular complexity index is 527. The number of nitrogens with zero attached hydrogens (tertiary/aromatic N) is 4. The normalized spacial score (nSPS) is 16.5. The Kier molecular flexibility index (Phi) is 5.08. The van der Waals surface area contributed by atoms with E-state index in [0.717, 1.165) is 23.8 Å². The molecule has 0 spiro atoms. The number of carbonyl (C=O) groups excluding carboxylic acids is 1. The number of rotatable bonds is 5. The van der Waals surface area contributed by atoms with Crippen molar-refractivity contribution < 1.29 is 18.0 Å². The summed E-state index contributed by atoms with van der Waals surface area (Å²) in [5, 5.41) is 6.79. The summed E-state index contributed by atoms with van der Waals surface area (Å²) in [6.45, 7) is 4.73. The Labute approximate surface area is 127 Å². The first-order valence-corrected chi connectivity index (χ1v) is 7.60. The second-order valence-corrected chi connectivity index (χ2v) is 5.81. The number of carbonyl (C=O) groups is 1. The molecule has 2 rings (SSSR count). The Morgan fingerprint density at radius 2 is 2.05 bits per heavy atom. The monoisotopic (exact) mass is 318 g/mol. The largest absolute Gasteiger partial charge is 0.451 e. The van der Waals surface area contributed by atoms with Crippen LogP contribution in [0.15, 0.2) is 0 Å². The molecule has 0 aliphatic carbocycles. The smallest absolute Gasteiger partial charge is 0.333 e. The zero-order valence-corrected chi connectivity index (χ0v) is 12.9. The minimum atomic E-state index is -4.51. The Morgan fingerprint density at radius 3 is 2.68 bits per heavy atom. The summed E-state index contributed by atoms with van der Waals surface area (Å²) in [5.74, 6) is -0.210. The van der Waals surface area contributed by atoms with Gasteiger partial charge in [-0.3, -0.25) is 4.79 Å². The number of amides is 1. The molecule has 5 nitrogen and oxygen atoms in total. The molecule has 2 heterocycles. The van der Waals surface area contributed by atoms with Crippen LogP contribution in [0.25, 0.3) is 0 Å². The third-order valence-electron chi connectivity index (χ3n) is 4.14. The highest BCUT2D eigenvalue weighted by Gasteiger charge is 2.39. The number of hydrogen-bond acceptors (Lipinski definition) is 3. The SMILES string of the molecule is CCC(C)CCCC(=O)N1CCn2c(nnc2C(F)(F)F)C1. The molecule has 1 aliphatic rings. The van der Waals surface area contributed by atoms with Gasteiger partial charge in [-0.25, -0.2) is 0 Å². The van der Waals surface area contributed by atoms with Crippen LogP contribution in [-0.4, -0.2) is 32.1 Å². The number of fused-ring (bicyclic) bond motifs is 1. The van der Waals surface area contributed by atoms with E-state index in [-0.39, 0.29) is 31.4 Å². The van der Waals surface area contributed by atoms with Gasteiger partial charge in [0, 0.05) is 19.5 Å². The first-order valence-electron chi connectivity index (χ1n) is 7.60. The maximum Gasteiger partial charge on any atom is 0.451 e. The van der Waals surface area contributed by atoms with Crippen LogP contribution < -0.4 is 0 Å². The lowest BCUT2D eigenvalue weighted by molar-refractivity contribution is -0.148. The second kappa shape index (κ2) is 6.66. The van der Waals surface area contributed by atoms with Crippen LogP contribution >= 0.6 is 0 Å². The van der Waals surface area contributed by atoms with Gasteiger partial charge >= 0.3 is 6.18 Å². The molecule has 22 heavy (non-hydrogen) atoms. The molecule has 1 amide bonds. The summed E-state index contributed by atoms with van der Waals surface area (Å²) < 4.78 is 39.3.